The summed E-state index contributed by atoms with van der Waals surface area (Å²) in [6.45, 7) is 0. The zero-order valence-electron chi connectivity index (χ0n) is 5.54. The number of carboxylic acid groups (broad SMARTS) is 1. The van der Waals surface area contributed by atoms with Crippen molar-refractivity contribution < 1.29 is 14.0 Å². The second-order valence-corrected chi connectivity index (χ2v) is 2.74. The van der Waals surface area contributed by atoms with Crippen LogP contribution < -0.4 is 5.19 Å². The van der Waals surface area contributed by atoms with Gasteiger partial charge >= 0.3 is 15.8 Å². The van der Waals surface area contributed by atoms with Crippen LogP contribution in [0.1, 0.15) is 10.4 Å². The summed E-state index contributed by atoms with van der Waals surface area (Å²) in [5.41, 5.74) is 0.187. The Balaban J connectivity index is 2.91. The average molecular weight is 168 g/mol. The molecule has 0 heterocycles. The maximum Gasteiger partial charge on any atom is 0.335 e. The van der Waals surface area contributed by atoms with E-state index in [1.165, 1.54) is 24.3 Å². The van der Waals surface area contributed by atoms with Gasteiger partial charge in [-0.15, -0.1) is 0 Å². The molecule has 0 saturated heterocycles. The van der Waals surface area contributed by atoms with Gasteiger partial charge in [-0.2, -0.15) is 0 Å². The molecule has 1 aromatic rings. The summed E-state index contributed by atoms with van der Waals surface area (Å²) in [6, 6.07) is 5.73. The van der Waals surface area contributed by atoms with Crippen LogP contribution >= 0.6 is 0 Å². The largest absolute Gasteiger partial charge is 0.478 e. The first-order valence-corrected chi connectivity index (χ1v) is 3.82. The van der Waals surface area contributed by atoms with Crippen molar-refractivity contribution in [3.05, 3.63) is 29.8 Å². The first-order chi connectivity index (χ1) is 5.24. The van der Waals surface area contributed by atoms with Crippen LogP contribution in [0.2, 0.25) is 0 Å². The summed E-state index contributed by atoms with van der Waals surface area (Å²) in [5, 5.41) is 8.98. The molecule has 0 amide bonds. The minimum atomic E-state index is -0.987. The third-order valence-corrected chi connectivity index (χ3v) is 1.79. The molecule has 0 unspecified atom stereocenters. The fraction of sp³-hybridized carbons (Fsp3) is 0. The van der Waals surface area contributed by atoms with Crippen molar-refractivity contribution in [2.24, 2.45) is 0 Å². The third-order valence-electron chi connectivity index (χ3n) is 1.24. The smallest absolute Gasteiger partial charge is 0.335 e. The Morgan fingerprint density at radius 3 is 2.27 bits per heavy atom. The number of hydrogen-bond donors (Lipinski definition) is 1. The maximum absolute atomic E-state index is 11.9. The van der Waals surface area contributed by atoms with Gasteiger partial charge in [0.25, 0.3) is 0 Å². The molecule has 2 nitrogen and oxygen atoms in total. The highest BCUT2D eigenvalue weighted by Gasteiger charge is 2.01. The molecule has 0 bridgehead atoms. The topological polar surface area (TPSA) is 37.3 Å². The molecule has 0 fully saturated rings. The van der Waals surface area contributed by atoms with E-state index in [0.29, 0.717) is 5.19 Å². The van der Waals surface area contributed by atoms with E-state index in [1.807, 2.05) is 0 Å². The van der Waals surface area contributed by atoms with E-state index < -0.39 is 15.8 Å². The molecule has 0 aromatic heterocycles. The molecule has 4 heteroatoms. The molecule has 0 aliphatic heterocycles. The van der Waals surface area contributed by atoms with Gasteiger partial charge in [-0.25, -0.2) is 4.79 Å². The zero-order valence-corrected chi connectivity index (χ0v) is 6.54. The fourth-order valence-corrected chi connectivity index (χ4v) is 0.968. The molecule has 11 heavy (non-hydrogen) atoms. The minimum absolute atomic E-state index is 0.187. The van der Waals surface area contributed by atoms with E-state index in [0.717, 1.165) is 0 Å². The highest BCUT2D eigenvalue weighted by atomic mass is 28.3. The molecular formula is C7H5FO2Si. The van der Waals surface area contributed by atoms with Gasteiger partial charge in [0.15, 0.2) is 0 Å². The summed E-state index contributed by atoms with van der Waals surface area (Å²) in [4.78, 5) is 10.3. The van der Waals surface area contributed by atoms with Crippen molar-refractivity contribution in [2.45, 2.75) is 0 Å². The van der Waals surface area contributed by atoms with Crippen LogP contribution in [-0.2, 0) is 0 Å². The van der Waals surface area contributed by atoms with Crippen LogP contribution in [0.15, 0.2) is 24.3 Å². The van der Waals surface area contributed by atoms with Gasteiger partial charge < -0.3 is 9.21 Å². The molecule has 0 aliphatic carbocycles. The van der Waals surface area contributed by atoms with Crippen LogP contribution in [0.3, 0.4) is 0 Å². The Hall–Kier alpha value is -1.16. The Labute approximate surface area is 65.7 Å². The molecular weight excluding hydrogens is 163 g/mol. The Kier molecular flexibility index (Phi) is 2.38. The van der Waals surface area contributed by atoms with Crippen LogP contribution in [-0.4, -0.2) is 20.9 Å². The standard InChI is InChI=1S/C7H5FO2Si/c8-11-6-3-1-5(2-4-6)7(9)10/h1-4H,(H,9,10). The summed E-state index contributed by atoms with van der Waals surface area (Å²) in [7, 11) is -0.773. The molecule has 0 spiro atoms. The predicted molar refractivity (Wildman–Crippen MR) is 39.9 cm³/mol. The number of carbonyl (C=O) groups is 1. The van der Waals surface area contributed by atoms with Gasteiger partial charge in [-0.1, -0.05) is 12.1 Å². The number of benzene rings is 1. The first-order valence-electron chi connectivity index (χ1n) is 2.94. The number of aromatic carboxylic acids is 1. The SMILES string of the molecule is O=C(O)c1ccc([Si]F)cc1. The van der Waals surface area contributed by atoms with Gasteiger partial charge in [0.1, 0.15) is 0 Å². The van der Waals surface area contributed by atoms with E-state index >= 15 is 0 Å². The molecule has 1 aromatic carbocycles. The Morgan fingerprint density at radius 1 is 1.36 bits per heavy atom. The number of rotatable bonds is 2. The Morgan fingerprint density at radius 2 is 1.91 bits per heavy atom. The van der Waals surface area contributed by atoms with Crippen molar-refractivity contribution in [2.75, 3.05) is 0 Å². The van der Waals surface area contributed by atoms with E-state index in [2.05, 4.69) is 0 Å². The predicted octanol–water partition coefficient (Wildman–Crippen LogP) is 0.599. The highest BCUT2D eigenvalue weighted by molar-refractivity contribution is 6.46. The number of hydrogen-bond acceptors (Lipinski definition) is 1. The van der Waals surface area contributed by atoms with Crippen molar-refractivity contribution >= 4 is 21.0 Å². The minimum Gasteiger partial charge on any atom is -0.478 e. The van der Waals surface area contributed by atoms with Crippen molar-refractivity contribution in [1.82, 2.24) is 0 Å². The fourth-order valence-electron chi connectivity index (χ4n) is 0.676. The average Bonchev–Trinajstić information content (AvgIpc) is 2.05. The van der Waals surface area contributed by atoms with Crippen LogP contribution in [0.25, 0.3) is 0 Å². The van der Waals surface area contributed by atoms with Crippen molar-refractivity contribution in [3.63, 3.8) is 0 Å². The number of halogens is 1. The second kappa shape index (κ2) is 3.29. The van der Waals surface area contributed by atoms with Crippen LogP contribution in [0, 0.1) is 0 Å². The van der Waals surface area contributed by atoms with E-state index in [4.69, 9.17) is 5.11 Å². The molecule has 1 rings (SSSR count). The summed E-state index contributed by atoms with van der Waals surface area (Å²) in [6.07, 6.45) is 0. The van der Waals surface area contributed by atoms with E-state index in [1.54, 1.807) is 0 Å². The molecule has 0 atom stereocenters. The van der Waals surface area contributed by atoms with Gasteiger partial charge in [-0.3, -0.25) is 0 Å². The normalized spacial score (nSPS) is 9.55. The molecule has 56 valence electrons. The maximum atomic E-state index is 11.9. The summed E-state index contributed by atoms with van der Waals surface area (Å²) in [5.74, 6) is -0.987. The van der Waals surface area contributed by atoms with Crippen LogP contribution in [0.5, 0.6) is 0 Å². The Bertz CT molecular complexity index is 258. The molecule has 0 aliphatic rings. The lowest BCUT2D eigenvalue weighted by molar-refractivity contribution is 0.0697. The summed E-state index contributed by atoms with van der Waals surface area (Å²) >= 11 is 0. The van der Waals surface area contributed by atoms with Crippen molar-refractivity contribution in [3.8, 4) is 0 Å². The van der Waals surface area contributed by atoms with E-state index in [9.17, 15) is 8.90 Å². The first kappa shape index (κ1) is 7.94. The molecule has 1 N–H and O–H groups in total. The lowest BCUT2D eigenvalue weighted by Gasteiger charge is -1.93. The van der Waals surface area contributed by atoms with Crippen molar-refractivity contribution in [1.29, 1.82) is 0 Å². The lowest BCUT2D eigenvalue weighted by atomic mass is 10.2. The lowest BCUT2D eigenvalue weighted by Crippen LogP contribution is -2.09. The molecule has 0 saturated carbocycles. The monoisotopic (exact) mass is 168 g/mol. The summed E-state index contributed by atoms with van der Waals surface area (Å²) < 4.78 is 11.9. The van der Waals surface area contributed by atoms with E-state index in [-0.39, 0.29) is 5.56 Å². The zero-order chi connectivity index (χ0) is 8.27. The molecule has 2 radical (unpaired) electrons. The van der Waals surface area contributed by atoms with Gasteiger partial charge in [-0.05, 0) is 17.3 Å². The van der Waals surface area contributed by atoms with Gasteiger partial charge in [0.05, 0.1) is 5.56 Å². The second-order valence-electron chi connectivity index (χ2n) is 1.98. The quantitative estimate of drug-likeness (QED) is 0.518. The number of carboxylic acids is 1. The van der Waals surface area contributed by atoms with Crippen LogP contribution in [0.4, 0.5) is 4.11 Å². The third kappa shape index (κ3) is 1.88. The van der Waals surface area contributed by atoms with Gasteiger partial charge in [0, 0.05) is 0 Å². The highest BCUT2D eigenvalue weighted by Crippen LogP contribution is 1.95. The van der Waals surface area contributed by atoms with Gasteiger partial charge in [0.2, 0.25) is 0 Å².